The average molecular weight is 243 g/mol. The number of aliphatic carboxylic acids is 1. The maximum atomic E-state index is 10.9. The van der Waals surface area contributed by atoms with Gasteiger partial charge in [-0.25, -0.2) is 0 Å². The monoisotopic (exact) mass is 243 g/mol. The van der Waals surface area contributed by atoms with E-state index in [1.165, 1.54) is 25.7 Å². The maximum Gasteiger partial charge on any atom is 0.308 e. The second-order valence-electron chi connectivity index (χ2n) is 4.39. The van der Waals surface area contributed by atoms with Crippen molar-refractivity contribution in [2.45, 2.75) is 51.9 Å². The molecule has 0 aliphatic rings. The Morgan fingerprint density at radius 1 is 1.29 bits per heavy atom. The van der Waals surface area contributed by atoms with Gasteiger partial charge in [0.25, 0.3) is 0 Å². The molecule has 100 valence electrons. The van der Waals surface area contributed by atoms with Gasteiger partial charge >= 0.3 is 5.97 Å². The Labute approximate surface area is 103 Å². The SMILES string of the molecule is CCCCCCCCC(CNC(=N)N)C(=O)O. The highest BCUT2D eigenvalue weighted by Crippen LogP contribution is 2.12. The normalized spacial score (nSPS) is 12.1. The van der Waals surface area contributed by atoms with Crippen molar-refractivity contribution in [2.24, 2.45) is 11.7 Å². The molecule has 0 spiro atoms. The molecule has 0 heterocycles. The van der Waals surface area contributed by atoms with Gasteiger partial charge < -0.3 is 16.2 Å². The van der Waals surface area contributed by atoms with E-state index in [0.29, 0.717) is 6.42 Å². The van der Waals surface area contributed by atoms with Crippen molar-refractivity contribution >= 4 is 11.9 Å². The van der Waals surface area contributed by atoms with Gasteiger partial charge in [-0.2, -0.15) is 0 Å². The van der Waals surface area contributed by atoms with Gasteiger partial charge in [-0.15, -0.1) is 0 Å². The van der Waals surface area contributed by atoms with Crippen LogP contribution in [0.25, 0.3) is 0 Å². The summed E-state index contributed by atoms with van der Waals surface area (Å²) in [4.78, 5) is 10.9. The number of hydrogen-bond donors (Lipinski definition) is 4. The van der Waals surface area contributed by atoms with Crippen LogP contribution in [0.2, 0.25) is 0 Å². The largest absolute Gasteiger partial charge is 0.481 e. The molecule has 1 unspecified atom stereocenters. The summed E-state index contributed by atoms with van der Waals surface area (Å²) >= 11 is 0. The van der Waals surface area contributed by atoms with E-state index in [1.807, 2.05) is 0 Å². The standard InChI is InChI=1S/C12H25N3O2/c1-2-3-4-5-6-7-8-10(11(16)17)9-15-12(13)14/h10H,2-9H2,1H3,(H,16,17)(H4,13,14,15). The number of nitrogens with two attached hydrogens (primary N) is 1. The number of guanidine groups is 1. The summed E-state index contributed by atoms with van der Waals surface area (Å²) in [5.41, 5.74) is 5.13. The summed E-state index contributed by atoms with van der Waals surface area (Å²) in [6, 6.07) is 0. The molecule has 0 bridgehead atoms. The van der Waals surface area contributed by atoms with Crippen LogP contribution in [0, 0.1) is 11.3 Å². The lowest BCUT2D eigenvalue weighted by atomic mass is 10.0. The molecule has 0 radical (unpaired) electrons. The average Bonchev–Trinajstić information content (AvgIpc) is 2.26. The van der Waals surface area contributed by atoms with Gasteiger partial charge in [0.05, 0.1) is 5.92 Å². The third-order valence-corrected chi connectivity index (χ3v) is 2.79. The Morgan fingerprint density at radius 3 is 2.41 bits per heavy atom. The summed E-state index contributed by atoms with van der Waals surface area (Å²) in [5, 5.41) is 18.5. The molecular formula is C12H25N3O2. The van der Waals surface area contributed by atoms with Crippen LogP contribution in [-0.2, 0) is 4.79 Å². The molecule has 0 aromatic rings. The first-order valence-corrected chi connectivity index (χ1v) is 6.38. The van der Waals surface area contributed by atoms with Gasteiger partial charge in [0, 0.05) is 6.54 Å². The molecule has 1 atom stereocenters. The molecule has 0 rings (SSSR count). The van der Waals surface area contributed by atoms with Crippen molar-refractivity contribution in [1.82, 2.24) is 5.32 Å². The van der Waals surface area contributed by atoms with Crippen molar-refractivity contribution < 1.29 is 9.90 Å². The molecule has 0 aromatic heterocycles. The van der Waals surface area contributed by atoms with E-state index in [2.05, 4.69) is 12.2 Å². The van der Waals surface area contributed by atoms with Crippen LogP contribution in [0.5, 0.6) is 0 Å². The van der Waals surface area contributed by atoms with Crippen molar-refractivity contribution in [3.8, 4) is 0 Å². The lowest BCUT2D eigenvalue weighted by Crippen LogP contribution is -2.36. The summed E-state index contributed by atoms with van der Waals surface area (Å²) in [5.74, 6) is -1.42. The lowest BCUT2D eigenvalue weighted by Gasteiger charge is -2.12. The summed E-state index contributed by atoms with van der Waals surface area (Å²) in [7, 11) is 0. The highest BCUT2D eigenvalue weighted by molar-refractivity contribution is 5.76. The van der Waals surface area contributed by atoms with Gasteiger partial charge in [0.15, 0.2) is 5.96 Å². The minimum atomic E-state index is -0.813. The van der Waals surface area contributed by atoms with Gasteiger partial charge in [-0.3, -0.25) is 10.2 Å². The van der Waals surface area contributed by atoms with Crippen LogP contribution in [-0.4, -0.2) is 23.6 Å². The second-order valence-corrected chi connectivity index (χ2v) is 4.39. The van der Waals surface area contributed by atoms with Crippen molar-refractivity contribution in [1.29, 1.82) is 5.41 Å². The van der Waals surface area contributed by atoms with Gasteiger partial charge in [0.2, 0.25) is 0 Å². The molecule has 17 heavy (non-hydrogen) atoms. The Morgan fingerprint density at radius 2 is 1.88 bits per heavy atom. The smallest absolute Gasteiger partial charge is 0.308 e. The summed E-state index contributed by atoms with van der Waals surface area (Å²) in [6.45, 7) is 2.42. The zero-order valence-electron chi connectivity index (χ0n) is 10.7. The second kappa shape index (κ2) is 9.93. The van der Waals surface area contributed by atoms with Crippen LogP contribution in [0.15, 0.2) is 0 Å². The van der Waals surface area contributed by atoms with Crippen molar-refractivity contribution in [3.63, 3.8) is 0 Å². The molecule has 0 aliphatic heterocycles. The molecule has 0 fully saturated rings. The van der Waals surface area contributed by atoms with Crippen LogP contribution in [0.1, 0.15) is 51.9 Å². The zero-order valence-corrected chi connectivity index (χ0v) is 10.7. The Hall–Kier alpha value is -1.26. The predicted molar refractivity (Wildman–Crippen MR) is 69.0 cm³/mol. The van der Waals surface area contributed by atoms with Crippen LogP contribution >= 0.6 is 0 Å². The van der Waals surface area contributed by atoms with E-state index in [4.69, 9.17) is 16.2 Å². The van der Waals surface area contributed by atoms with Gasteiger partial charge in [-0.05, 0) is 6.42 Å². The first kappa shape index (κ1) is 15.7. The molecule has 5 heteroatoms. The number of hydrogen-bond acceptors (Lipinski definition) is 2. The van der Waals surface area contributed by atoms with E-state index >= 15 is 0 Å². The molecule has 0 aliphatic carbocycles. The fourth-order valence-electron chi connectivity index (χ4n) is 1.72. The van der Waals surface area contributed by atoms with E-state index in [0.717, 1.165) is 12.8 Å². The quantitative estimate of drug-likeness (QED) is 0.267. The number of unbranched alkanes of at least 4 members (excludes halogenated alkanes) is 5. The summed E-state index contributed by atoms with van der Waals surface area (Å²) < 4.78 is 0. The minimum Gasteiger partial charge on any atom is -0.481 e. The third kappa shape index (κ3) is 9.66. The molecule has 0 saturated carbocycles. The Balaban J connectivity index is 3.63. The number of carboxylic acids is 1. The van der Waals surface area contributed by atoms with Crippen molar-refractivity contribution in [2.75, 3.05) is 6.54 Å². The predicted octanol–water partition coefficient (Wildman–Crippen LogP) is 1.92. The number of carboxylic acid groups (broad SMARTS) is 1. The zero-order chi connectivity index (χ0) is 13.1. The Kier molecular flexibility index (Phi) is 9.19. The van der Waals surface area contributed by atoms with E-state index in [9.17, 15) is 4.79 Å². The van der Waals surface area contributed by atoms with Crippen LogP contribution < -0.4 is 11.1 Å². The number of rotatable bonds is 10. The van der Waals surface area contributed by atoms with Gasteiger partial charge in [-0.1, -0.05) is 45.4 Å². The first-order chi connectivity index (χ1) is 8.07. The summed E-state index contributed by atoms with van der Waals surface area (Å²) in [6.07, 6.45) is 7.57. The molecule has 5 N–H and O–H groups in total. The fourth-order valence-corrected chi connectivity index (χ4v) is 1.72. The van der Waals surface area contributed by atoms with E-state index < -0.39 is 11.9 Å². The first-order valence-electron chi connectivity index (χ1n) is 6.38. The molecule has 0 saturated heterocycles. The van der Waals surface area contributed by atoms with E-state index in [1.54, 1.807) is 0 Å². The molecule has 0 aromatic carbocycles. The topological polar surface area (TPSA) is 99.2 Å². The van der Waals surface area contributed by atoms with Crippen molar-refractivity contribution in [3.05, 3.63) is 0 Å². The molecule has 5 nitrogen and oxygen atoms in total. The number of carbonyl (C=O) groups is 1. The molecule has 0 amide bonds. The van der Waals surface area contributed by atoms with Crippen LogP contribution in [0.4, 0.5) is 0 Å². The third-order valence-electron chi connectivity index (χ3n) is 2.79. The molecular weight excluding hydrogens is 218 g/mol. The van der Waals surface area contributed by atoms with Crippen LogP contribution in [0.3, 0.4) is 0 Å². The lowest BCUT2D eigenvalue weighted by molar-refractivity contribution is -0.141. The minimum absolute atomic E-state index is 0.167. The Bertz CT molecular complexity index is 232. The van der Waals surface area contributed by atoms with Gasteiger partial charge in [0.1, 0.15) is 0 Å². The maximum absolute atomic E-state index is 10.9. The number of nitrogens with one attached hydrogen (secondary N) is 2. The highest BCUT2D eigenvalue weighted by atomic mass is 16.4. The highest BCUT2D eigenvalue weighted by Gasteiger charge is 2.16. The fraction of sp³-hybridized carbons (Fsp3) is 0.833. The van der Waals surface area contributed by atoms with E-state index in [-0.39, 0.29) is 12.5 Å².